The molecule has 9 heteroatoms. The molecule has 3 N–H and O–H groups in total. The van der Waals surface area contributed by atoms with Gasteiger partial charge in [-0.05, 0) is 29.8 Å². The van der Waals surface area contributed by atoms with E-state index in [-0.39, 0.29) is 12.0 Å². The number of ketones is 1. The Balaban J connectivity index is 2.06. The van der Waals surface area contributed by atoms with Crippen LogP contribution >= 0.6 is 11.6 Å². The molecule has 2 rings (SSSR count). The fourth-order valence-electron chi connectivity index (χ4n) is 2.65. The molecular formula is C20H21ClN2O6. The van der Waals surface area contributed by atoms with E-state index in [4.69, 9.17) is 31.5 Å². The van der Waals surface area contributed by atoms with Gasteiger partial charge in [0.25, 0.3) is 0 Å². The van der Waals surface area contributed by atoms with Crippen molar-refractivity contribution in [1.29, 1.82) is 0 Å². The van der Waals surface area contributed by atoms with Crippen LogP contribution in [0.25, 0.3) is 0 Å². The quantitative estimate of drug-likeness (QED) is 0.476. The maximum absolute atomic E-state index is 12.5. The number of benzene rings is 2. The summed E-state index contributed by atoms with van der Waals surface area (Å²) < 4.78 is 15.3. The van der Waals surface area contributed by atoms with Crippen LogP contribution in [-0.4, -0.2) is 38.6 Å². The highest BCUT2D eigenvalue weighted by molar-refractivity contribution is 6.31. The molecule has 0 aliphatic carbocycles. The number of nitrogens with one attached hydrogen (secondary N) is 1. The first-order chi connectivity index (χ1) is 13.8. The van der Waals surface area contributed by atoms with E-state index in [0.717, 1.165) is 0 Å². The number of hydrogen-bond acceptors (Lipinski definition) is 6. The smallest absolute Gasteiger partial charge is 0.312 e. The van der Waals surface area contributed by atoms with Crippen molar-refractivity contribution in [2.45, 2.75) is 12.5 Å². The van der Waals surface area contributed by atoms with Crippen LogP contribution in [0, 0.1) is 0 Å². The van der Waals surface area contributed by atoms with Crippen LogP contribution in [0.5, 0.6) is 11.5 Å². The van der Waals surface area contributed by atoms with E-state index in [1.165, 1.54) is 20.3 Å². The van der Waals surface area contributed by atoms with Gasteiger partial charge in [0.05, 0.1) is 32.2 Å². The molecule has 8 nitrogen and oxygen atoms in total. The molecule has 0 fully saturated rings. The molecule has 0 aliphatic rings. The predicted octanol–water partition coefficient (Wildman–Crippen LogP) is 2.88. The summed E-state index contributed by atoms with van der Waals surface area (Å²) in [5.74, 6) is -0.383. The van der Waals surface area contributed by atoms with Crippen molar-refractivity contribution in [3.63, 3.8) is 0 Å². The molecule has 0 saturated carbocycles. The van der Waals surface area contributed by atoms with Gasteiger partial charge >= 0.3 is 12.0 Å². The molecule has 2 aromatic rings. The van der Waals surface area contributed by atoms with E-state index in [1.54, 1.807) is 36.4 Å². The van der Waals surface area contributed by atoms with Gasteiger partial charge in [-0.15, -0.1) is 0 Å². The molecule has 0 aliphatic heterocycles. The third-order valence-corrected chi connectivity index (χ3v) is 4.38. The lowest BCUT2D eigenvalue weighted by Gasteiger charge is -2.18. The van der Waals surface area contributed by atoms with Crippen molar-refractivity contribution in [2.24, 2.45) is 5.73 Å². The van der Waals surface area contributed by atoms with Gasteiger partial charge in [-0.1, -0.05) is 29.8 Å². The number of hydrogen-bond donors (Lipinski definition) is 2. The van der Waals surface area contributed by atoms with Gasteiger partial charge in [-0.3, -0.25) is 9.59 Å². The molecule has 0 heterocycles. The summed E-state index contributed by atoms with van der Waals surface area (Å²) >= 11 is 6.13. The Bertz CT molecular complexity index is 902. The van der Waals surface area contributed by atoms with E-state index in [2.05, 4.69) is 5.32 Å². The predicted molar refractivity (Wildman–Crippen MR) is 106 cm³/mol. The highest BCUT2D eigenvalue weighted by atomic mass is 35.5. The standard InChI is InChI=1S/C20H21ClN2O6/c1-27-12-7-8-18(28-2)14(9-12)17(24)11-29-19(25)10-16(23-20(22)26)13-5-3-4-6-15(13)21/h3-9,16H,10-11H2,1-2H3,(H3,22,23,26)/t16-/m0/s1. The van der Waals surface area contributed by atoms with Crippen LogP contribution in [0.15, 0.2) is 42.5 Å². The molecule has 2 amide bonds. The molecule has 0 saturated heterocycles. The first kappa shape index (κ1) is 22.0. The van der Waals surface area contributed by atoms with Gasteiger partial charge in [0.1, 0.15) is 11.5 Å². The Morgan fingerprint density at radius 3 is 2.45 bits per heavy atom. The fourth-order valence-corrected chi connectivity index (χ4v) is 2.92. The highest BCUT2D eigenvalue weighted by Gasteiger charge is 2.22. The van der Waals surface area contributed by atoms with Gasteiger partial charge in [-0.25, -0.2) is 4.79 Å². The number of ether oxygens (including phenoxy) is 3. The molecular weight excluding hydrogens is 400 g/mol. The van der Waals surface area contributed by atoms with Gasteiger partial charge < -0.3 is 25.3 Å². The molecule has 2 aromatic carbocycles. The van der Waals surface area contributed by atoms with Crippen molar-refractivity contribution in [3.8, 4) is 11.5 Å². The van der Waals surface area contributed by atoms with Crippen molar-refractivity contribution in [1.82, 2.24) is 5.32 Å². The molecule has 29 heavy (non-hydrogen) atoms. The Hall–Kier alpha value is -3.26. The number of nitrogens with two attached hydrogens (primary N) is 1. The van der Waals surface area contributed by atoms with Crippen molar-refractivity contribution >= 4 is 29.4 Å². The van der Waals surface area contributed by atoms with E-state index in [1.807, 2.05) is 0 Å². The van der Waals surface area contributed by atoms with E-state index in [9.17, 15) is 14.4 Å². The largest absolute Gasteiger partial charge is 0.497 e. The molecule has 0 radical (unpaired) electrons. The second kappa shape index (κ2) is 10.3. The van der Waals surface area contributed by atoms with Crippen molar-refractivity contribution in [2.75, 3.05) is 20.8 Å². The average molecular weight is 421 g/mol. The van der Waals surface area contributed by atoms with Gasteiger partial charge in [-0.2, -0.15) is 0 Å². The third kappa shape index (κ3) is 6.11. The number of Topliss-reactive ketones (excluding diaryl/α,β-unsaturated/α-hetero) is 1. The summed E-state index contributed by atoms with van der Waals surface area (Å²) in [6.45, 7) is -0.506. The van der Waals surface area contributed by atoms with Gasteiger partial charge in [0.2, 0.25) is 5.78 Å². The minimum atomic E-state index is -0.820. The number of rotatable bonds is 9. The highest BCUT2D eigenvalue weighted by Crippen LogP contribution is 2.26. The van der Waals surface area contributed by atoms with Gasteiger partial charge in [0, 0.05) is 5.02 Å². The number of carbonyl (C=O) groups is 3. The van der Waals surface area contributed by atoms with E-state index < -0.39 is 30.4 Å². The first-order valence-electron chi connectivity index (χ1n) is 8.57. The lowest BCUT2D eigenvalue weighted by atomic mass is 10.0. The van der Waals surface area contributed by atoms with Crippen molar-refractivity contribution < 1.29 is 28.6 Å². The zero-order valence-corrected chi connectivity index (χ0v) is 16.7. The molecule has 0 aromatic heterocycles. The van der Waals surface area contributed by atoms with E-state index in [0.29, 0.717) is 22.1 Å². The minimum Gasteiger partial charge on any atom is -0.497 e. The number of amides is 2. The topological polar surface area (TPSA) is 117 Å². The molecule has 1 atom stereocenters. The average Bonchev–Trinajstić information content (AvgIpc) is 2.71. The molecule has 0 bridgehead atoms. The van der Waals surface area contributed by atoms with E-state index >= 15 is 0 Å². The zero-order chi connectivity index (χ0) is 21.4. The number of urea groups is 1. The Morgan fingerprint density at radius 2 is 1.83 bits per heavy atom. The maximum Gasteiger partial charge on any atom is 0.312 e. The molecule has 154 valence electrons. The number of methoxy groups -OCH3 is 2. The Morgan fingerprint density at radius 1 is 1.10 bits per heavy atom. The lowest BCUT2D eigenvalue weighted by molar-refractivity contribution is -0.143. The first-order valence-corrected chi connectivity index (χ1v) is 8.94. The van der Waals surface area contributed by atoms with Crippen LogP contribution in [0.4, 0.5) is 4.79 Å². The van der Waals surface area contributed by atoms with Crippen LogP contribution in [0.2, 0.25) is 5.02 Å². The number of primary amides is 1. The summed E-state index contributed by atoms with van der Waals surface area (Å²) in [5.41, 5.74) is 5.91. The molecule has 0 unspecified atom stereocenters. The normalized spacial score (nSPS) is 11.3. The summed E-state index contributed by atoms with van der Waals surface area (Å²) in [7, 11) is 2.89. The van der Waals surface area contributed by atoms with Crippen LogP contribution in [0.3, 0.4) is 0 Å². The SMILES string of the molecule is COc1ccc(OC)c(C(=O)COC(=O)C[C@H](NC(N)=O)c2ccccc2Cl)c1. The zero-order valence-electron chi connectivity index (χ0n) is 15.9. The van der Waals surface area contributed by atoms with Crippen LogP contribution in [-0.2, 0) is 9.53 Å². The van der Waals surface area contributed by atoms with Crippen LogP contribution < -0.4 is 20.5 Å². The summed E-state index contributed by atoms with van der Waals surface area (Å²) in [4.78, 5) is 36.0. The number of esters is 1. The third-order valence-electron chi connectivity index (χ3n) is 4.04. The second-order valence-electron chi connectivity index (χ2n) is 5.94. The monoisotopic (exact) mass is 420 g/mol. The van der Waals surface area contributed by atoms with Gasteiger partial charge in [0.15, 0.2) is 6.61 Å². The summed E-state index contributed by atoms with van der Waals surface area (Å²) in [5, 5.41) is 2.81. The van der Waals surface area contributed by atoms with Crippen molar-refractivity contribution in [3.05, 3.63) is 58.6 Å². The number of carbonyl (C=O) groups excluding carboxylic acids is 3. The Labute approximate surface area is 172 Å². The molecule has 0 spiro atoms. The number of halogens is 1. The fraction of sp³-hybridized carbons (Fsp3) is 0.250. The summed E-state index contributed by atoms with van der Waals surface area (Å²) in [6, 6.07) is 9.81. The maximum atomic E-state index is 12.5. The minimum absolute atomic E-state index is 0.220. The summed E-state index contributed by atoms with van der Waals surface area (Å²) in [6.07, 6.45) is -0.255. The lowest BCUT2D eigenvalue weighted by Crippen LogP contribution is -2.35. The Kier molecular flexibility index (Phi) is 7.85. The second-order valence-corrected chi connectivity index (χ2v) is 6.34. The van der Waals surface area contributed by atoms with Crippen LogP contribution in [0.1, 0.15) is 28.4 Å².